The van der Waals surface area contributed by atoms with Crippen LogP contribution in [0.25, 0.3) is 22.4 Å². The van der Waals surface area contributed by atoms with Gasteiger partial charge in [0, 0.05) is 19.4 Å². The topological polar surface area (TPSA) is 67.6 Å². The van der Waals surface area contributed by atoms with E-state index in [1.165, 1.54) is 18.5 Å². The van der Waals surface area contributed by atoms with Crippen LogP contribution in [0.4, 0.5) is 5.95 Å². The molecule has 0 aliphatic rings. The summed E-state index contributed by atoms with van der Waals surface area (Å²) in [6, 6.07) is 27.6. The van der Waals surface area contributed by atoms with Crippen LogP contribution in [-0.2, 0) is 9.59 Å². The first kappa shape index (κ1) is 20.9. The molecule has 2 amide bonds. The number of imide groups is 1. The fourth-order valence-corrected chi connectivity index (χ4v) is 3.37. The zero-order chi connectivity index (χ0) is 22.5. The Kier molecular flexibility index (Phi) is 6.03. The van der Waals surface area contributed by atoms with E-state index in [0.29, 0.717) is 5.69 Å². The van der Waals surface area contributed by atoms with E-state index in [1.54, 1.807) is 12.4 Å². The van der Waals surface area contributed by atoms with Gasteiger partial charge in [0.2, 0.25) is 17.8 Å². The van der Waals surface area contributed by atoms with Crippen molar-refractivity contribution >= 4 is 24.0 Å². The Bertz CT molecular complexity index is 1250. The highest BCUT2D eigenvalue weighted by molar-refractivity contribution is 6.12. The molecule has 0 radical (unpaired) electrons. The second kappa shape index (κ2) is 9.22. The molecule has 0 saturated heterocycles. The molecule has 6 heteroatoms. The van der Waals surface area contributed by atoms with Gasteiger partial charge in [0.05, 0.1) is 18.1 Å². The molecule has 0 fully saturated rings. The van der Waals surface area contributed by atoms with Gasteiger partial charge in [0.1, 0.15) is 0 Å². The van der Waals surface area contributed by atoms with E-state index >= 15 is 0 Å². The number of carbonyl (C=O) groups excluding carboxylic acids is 2. The highest BCUT2D eigenvalue weighted by atomic mass is 16.2. The number of amides is 2. The molecule has 0 aliphatic heterocycles. The smallest absolute Gasteiger partial charge is 0.241 e. The van der Waals surface area contributed by atoms with E-state index in [1.807, 2.05) is 72.8 Å². The molecule has 0 saturated carbocycles. The van der Waals surface area contributed by atoms with E-state index in [0.717, 1.165) is 27.2 Å². The first-order chi connectivity index (χ1) is 15.5. The Morgan fingerprint density at radius 3 is 1.91 bits per heavy atom. The lowest BCUT2D eigenvalue weighted by molar-refractivity contribution is -0.124. The molecule has 0 atom stereocenters. The summed E-state index contributed by atoms with van der Waals surface area (Å²) < 4.78 is 1.45. The van der Waals surface area contributed by atoms with E-state index in [9.17, 15) is 9.59 Å². The number of hydrogen-bond acceptors (Lipinski definition) is 4. The van der Waals surface area contributed by atoms with Crippen LogP contribution in [0.15, 0.2) is 96.2 Å². The lowest BCUT2D eigenvalue weighted by atomic mass is 10.0. The fraction of sp³-hybridized carbons (Fsp3) is 0.0769. The van der Waals surface area contributed by atoms with E-state index < -0.39 is 11.8 Å². The van der Waals surface area contributed by atoms with Crippen LogP contribution in [0.2, 0.25) is 0 Å². The molecule has 1 aromatic heterocycles. The number of imidazole rings is 1. The van der Waals surface area contributed by atoms with Crippen LogP contribution in [0.1, 0.15) is 19.4 Å². The molecule has 4 rings (SSSR count). The normalized spacial score (nSPS) is 10.9. The van der Waals surface area contributed by atoms with Crippen molar-refractivity contribution in [2.45, 2.75) is 13.8 Å². The van der Waals surface area contributed by atoms with Crippen LogP contribution in [0.5, 0.6) is 0 Å². The third kappa shape index (κ3) is 4.54. The van der Waals surface area contributed by atoms with Crippen molar-refractivity contribution in [1.29, 1.82) is 0 Å². The molecule has 32 heavy (non-hydrogen) atoms. The Labute approximate surface area is 186 Å². The monoisotopic (exact) mass is 422 g/mol. The summed E-state index contributed by atoms with van der Waals surface area (Å²) in [7, 11) is 0. The van der Waals surface area contributed by atoms with Gasteiger partial charge in [-0.1, -0.05) is 84.9 Å². The van der Waals surface area contributed by atoms with Gasteiger partial charge in [-0.05, 0) is 16.7 Å². The Morgan fingerprint density at radius 1 is 0.781 bits per heavy atom. The zero-order valence-electron chi connectivity index (χ0n) is 17.8. The van der Waals surface area contributed by atoms with E-state index in [2.05, 4.69) is 22.2 Å². The molecule has 4 aromatic rings. The summed E-state index contributed by atoms with van der Waals surface area (Å²) in [4.78, 5) is 29.9. The molecule has 6 nitrogen and oxygen atoms in total. The number of hydrogen-bond donors (Lipinski definition) is 0. The SMILES string of the molecule is CC(=O)N(C(C)=O)c1nc(-c2ccc(-c3ccccc3)cc2)cn1/N=C/c1ccccc1. The molecule has 158 valence electrons. The fourth-order valence-electron chi connectivity index (χ4n) is 3.37. The average Bonchev–Trinajstić information content (AvgIpc) is 3.22. The van der Waals surface area contributed by atoms with Crippen molar-refractivity contribution in [2.75, 3.05) is 4.90 Å². The van der Waals surface area contributed by atoms with Crippen molar-refractivity contribution in [3.63, 3.8) is 0 Å². The number of rotatable bonds is 5. The van der Waals surface area contributed by atoms with E-state index in [4.69, 9.17) is 0 Å². The second-order valence-corrected chi connectivity index (χ2v) is 7.24. The quantitative estimate of drug-likeness (QED) is 0.425. The maximum absolute atomic E-state index is 12.2. The molecular weight excluding hydrogens is 400 g/mol. The Balaban J connectivity index is 1.73. The third-order valence-corrected chi connectivity index (χ3v) is 4.92. The van der Waals surface area contributed by atoms with Crippen LogP contribution in [0.3, 0.4) is 0 Å². The van der Waals surface area contributed by atoms with Gasteiger partial charge < -0.3 is 0 Å². The van der Waals surface area contributed by atoms with Crippen LogP contribution in [-0.4, -0.2) is 27.7 Å². The van der Waals surface area contributed by atoms with Crippen molar-refractivity contribution in [3.8, 4) is 22.4 Å². The third-order valence-electron chi connectivity index (χ3n) is 4.92. The molecular formula is C26H22N4O2. The number of nitrogens with zero attached hydrogens (tertiary/aromatic N) is 4. The first-order valence-corrected chi connectivity index (χ1v) is 10.2. The summed E-state index contributed by atoms with van der Waals surface area (Å²) in [5.41, 5.74) is 4.56. The molecule has 0 aliphatic carbocycles. The largest absolute Gasteiger partial charge is 0.274 e. The molecule has 0 N–H and O–H groups in total. The lowest BCUT2D eigenvalue weighted by Crippen LogP contribution is -2.35. The van der Waals surface area contributed by atoms with Gasteiger partial charge in [-0.3, -0.25) is 9.59 Å². The van der Waals surface area contributed by atoms with Gasteiger partial charge in [0.15, 0.2) is 0 Å². The number of anilines is 1. The maximum atomic E-state index is 12.2. The maximum Gasteiger partial charge on any atom is 0.241 e. The zero-order valence-corrected chi connectivity index (χ0v) is 17.8. The minimum atomic E-state index is -0.426. The van der Waals surface area contributed by atoms with Crippen molar-refractivity contribution in [2.24, 2.45) is 5.10 Å². The standard InChI is InChI=1S/C26H22N4O2/c1-19(31)30(20(2)32)26-28-25(18-29(26)27-17-21-9-5-3-6-10-21)24-15-13-23(14-16-24)22-11-7-4-8-12-22/h3-18H,1-2H3/b27-17+. The molecule has 3 aromatic carbocycles. The van der Waals surface area contributed by atoms with E-state index in [-0.39, 0.29) is 5.95 Å². The summed E-state index contributed by atoms with van der Waals surface area (Å²) in [5.74, 6) is -0.699. The first-order valence-electron chi connectivity index (χ1n) is 10.2. The predicted octanol–water partition coefficient (Wildman–Crippen LogP) is 5.00. The Morgan fingerprint density at radius 2 is 1.31 bits per heavy atom. The minimum absolute atomic E-state index is 0.152. The molecule has 1 heterocycles. The highest BCUT2D eigenvalue weighted by Gasteiger charge is 2.23. The molecule has 0 spiro atoms. The van der Waals surface area contributed by atoms with Gasteiger partial charge in [-0.15, -0.1) is 0 Å². The van der Waals surface area contributed by atoms with Gasteiger partial charge >= 0.3 is 0 Å². The predicted molar refractivity (Wildman–Crippen MR) is 126 cm³/mol. The Hall–Kier alpha value is -4.32. The number of carbonyl (C=O) groups is 2. The highest BCUT2D eigenvalue weighted by Crippen LogP contribution is 2.27. The lowest BCUT2D eigenvalue weighted by Gasteiger charge is -2.15. The van der Waals surface area contributed by atoms with Crippen LogP contribution >= 0.6 is 0 Å². The van der Waals surface area contributed by atoms with Crippen molar-refractivity contribution in [1.82, 2.24) is 9.66 Å². The molecule has 0 unspecified atom stereocenters. The summed E-state index contributed by atoms with van der Waals surface area (Å²) in [5, 5.41) is 4.46. The van der Waals surface area contributed by atoms with Crippen LogP contribution in [0, 0.1) is 0 Å². The number of aromatic nitrogens is 2. The summed E-state index contributed by atoms with van der Waals surface area (Å²) in [6.07, 6.45) is 3.37. The van der Waals surface area contributed by atoms with Crippen LogP contribution < -0.4 is 4.90 Å². The van der Waals surface area contributed by atoms with Crippen molar-refractivity contribution < 1.29 is 9.59 Å². The van der Waals surface area contributed by atoms with Gasteiger partial charge in [0.25, 0.3) is 0 Å². The van der Waals surface area contributed by atoms with Crippen molar-refractivity contribution in [3.05, 3.63) is 96.7 Å². The second-order valence-electron chi connectivity index (χ2n) is 7.24. The average molecular weight is 422 g/mol. The number of benzene rings is 3. The van der Waals surface area contributed by atoms with Gasteiger partial charge in [-0.25, -0.2) is 14.6 Å². The summed E-state index contributed by atoms with van der Waals surface area (Å²) >= 11 is 0. The van der Waals surface area contributed by atoms with Gasteiger partial charge in [-0.2, -0.15) is 5.10 Å². The minimum Gasteiger partial charge on any atom is -0.274 e. The molecule has 0 bridgehead atoms. The summed E-state index contributed by atoms with van der Waals surface area (Å²) in [6.45, 7) is 2.66.